The van der Waals surface area contributed by atoms with Crippen LogP contribution in [0, 0.1) is 12.8 Å². The Morgan fingerprint density at radius 1 is 1.23 bits per heavy atom. The van der Waals surface area contributed by atoms with Gasteiger partial charge in [-0.1, -0.05) is 25.6 Å². The molecule has 1 aliphatic rings. The summed E-state index contributed by atoms with van der Waals surface area (Å²) in [6.07, 6.45) is 0. The summed E-state index contributed by atoms with van der Waals surface area (Å²) in [6.45, 7) is 10.3. The quantitative estimate of drug-likeness (QED) is 0.607. The Morgan fingerprint density at radius 2 is 1.93 bits per heavy atom. The number of aryl methyl sites for hydroxylation is 1. The van der Waals surface area contributed by atoms with Crippen molar-refractivity contribution in [2.45, 2.75) is 32.0 Å². The zero-order chi connectivity index (χ0) is 21.5. The van der Waals surface area contributed by atoms with Crippen molar-refractivity contribution in [3.05, 3.63) is 30.1 Å². The van der Waals surface area contributed by atoms with Crippen molar-refractivity contribution in [1.82, 2.24) is 25.0 Å². The summed E-state index contributed by atoms with van der Waals surface area (Å²) >= 11 is 1.39. The number of thioether (sulfide) groups is 1. The van der Waals surface area contributed by atoms with Crippen LogP contribution in [0.5, 0.6) is 5.75 Å². The number of nitrogens with zero attached hydrogens (tertiary/aromatic N) is 4. The molecule has 1 amide bonds. The molecule has 1 atom stereocenters. The highest BCUT2D eigenvalue weighted by Gasteiger charge is 2.24. The molecule has 1 aromatic heterocycles. The number of hydrogen-bond acceptors (Lipinski definition) is 7. The molecule has 1 saturated heterocycles. The van der Waals surface area contributed by atoms with Crippen LogP contribution in [0.1, 0.15) is 19.7 Å². The second kappa shape index (κ2) is 10.8. The smallest absolute Gasteiger partial charge is 0.230 e. The van der Waals surface area contributed by atoms with Gasteiger partial charge in [-0.25, -0.2) is 0 Å². The van der Waals surface area contributed by atoms with Crippen LogP contribution in [0.4, 0.5) is 0 Å². The average Bonchev–Trinajstić information content (AvgIpc) is 3.13. The summed E-state index contributed by atoms with van der Waals surface area (Å²) in [5.74, 6) is 2.31. The summed E-state index contributed by atoms with van der Waals surface area (Å²) in [5.41, 5.74) is 0.938. The molecule has 1 fully saturated rings. The molecule has 1 unspecified atom stereocenters. The van der Waals surface area contributed by atoms with Gasteiger partial charge in [0.05, 0.1) is 26.1 Å². The predicted octanol–water partition coefficient (Wildman–Crippen LogP) is 2.15. The van der Waals surface area contributed by atoms with Gasteiger partial charge in [-0.2, -0.15) is 0 Å². The minimum atomic E-state index is 0.000781. The number of benzene rings is 1. The number of carbonyl (C=O) groups is 1. The van der Waals surface area contributed by atoms with E-state index in [4.69, 9.17) is 9.47 Å². The van der Waals surface area contributed by atoms with Gasteiger partial charge in [0, 0.05) is 31.4 Å². The van der Waals surface area contributed by atoms with E-state index in [9.17, 15) is 4.79 Å². The molecule has 1 aromatic carbocycles. The highest BCUT2D eigenvalue weighted by molar-refractivity contribution is 7.99. The summed E-state index contributed by atoms with van der Waals surface area (Å²) < 4.78 is 12.6. The van der Waals surface area contributed by atoms with E-state index >= 15 is 0 Å². The number of nitrogens with one attached hydrogen (secondary N) is 1. The van der Waals surface area contributed by atoms with Crippen LogP contribution in [0.3, 0.4) is 0 Å². The first-order valence-corrected chi connectivity index (χ1v) is 11.3. The van der Waals surface area contributed by atoms with Gasteiger partial charge in [-0.15, -0.1) is 10.2 Å². The Kier molecular flexibility index (Phi) is 8.12. The van der Waals surface area contributed by atoms with E-state index in [1.807, 2.05) is 35.8 Å². The molecule has 0 aliphatic carbocycles. The van der Waals surface area contributed by atoms with Gasteiger partial charge in [0.1, 0.15) is 11.6 Å². The van der Waals surface area contributed by atoms with Crippen molar-refractivity contribution in [2.24, 2.45) is 5.92 Å². The van der Waals surface area contributed by atoms with Gasteiger partial charge in [0.15, 0.2) is 5.16 Å². The van der Waals surface area contributed by atoms with Crippen LogP contribution >= 0.6 is 11.8 Å². The number of carbonyl (C=O) groups excluding carboxylic acids is 1. The maximum Gasteiger partial charge on any atom is 0.230 e. The molecule has 1 N–H and O–H groups in total. The van der Waals surface area contributed by atoms with Crippen molar-refractivity contribution in [1.29, 1.82) is 0 Å². The van der Waals surface area contributed by atoms with Crippen molar-refractivity contribution in [3.63, 3.8) is 0 Å². The lowest BCUT2D eigenvalue weighted by atomic mass is 10.0. The van der Waals surface area contributed by atoms with E-state index in [0.29, 0.717) is 29.4 Å². The van der Waals surface area contributed by atoms with E-state index in [0.717, 1.165) is 43.6 Å². The third-order valence-electron chi connectivity index (χ3n) is 5.25. The lowest BCUT2D eigenvalue weighted by Crippen LogP contribution is -2.51. The van der Waals surface area contributed by atoms with Crippen molar-refractivity contribution < 1.29 is 14.3 Å². The lowest BCUT2D eigenvalue weighted by molar-refractivity contribution is -0.119. The van der Waals surface area contributed by atoms with Crippen LogP contribution in [0.25, 0.3) is 5.69 Å². The predicted molar refractivity (Wildman–Crippen MR) is 117 cm³/mol. The molecule has 0 radical (unpaired) electrons. The average molecular weight is 434 g/mol. The van der Waals surface area contributed by atoms with Crippen LogP contribution in [-0.2, 0) is 9.53 Å². The fourth-order valence-corrected chi connectivity index (χ4v) is 4.39. The SMILES string of the molecule is COc1ccc(-n2c(C)nnc2SCC(=O)NCC(C(C)C)N2CCOCC2)cc1. The van der Waals surface area contributed by atoms with Crippen molar-refractivity contribution in [3.8, 4) is 11.4 Å². The monoisotopic (exact) mass is 433 g/mol. The van der Waals surface area contributed by atoms with E-state index < -0.39 is 0 Å². The molecular weight excluding hydrogens is 402 g/mol. The standard InChI is InChI=1S/C21H31N5O3S/c1-15(2)19(25-9-11-29-12-10-25)13-22-20(27)14-30-21-24-23-16(3)26(21)17-5-7-18(28-4)8-6-17/h5-8,15,19H,9-14H2,1-4H3,(H,22,27). The molecule has 2 heterocycles. The first-order valence-electron chi connectivity index (χ1n) is 10.3. The van der Waals surface area contributed by atoms with Crippen LogP contribution in [-0.4, -0.2) is 77.3 Å². The molecule has 3 rings (SSSR count). The van der Waals surface area contributed by atoms with Gasteiger partial charge in [0.25, 0.3) is 0 Å². The second-order valence-electron chi connectivity index (χ2n) is 7.62. The van der Waals surface area contributed by atoms with E-state index in [1.54, 1.807) is 7.11 Å². The third kappa shape index (κ3) is 5.74. The van der Waals surface area contributed by atoms with Gasteiger partial charge in [-0.05, 0) is 37.1 Å². The molecule has 0 saturated carbocycles. The number of ether oxygens (including phenoxy) is 2. The number of methoxy groups -OCH3 is 1. The number of rotatable bonds is 9. The van der Waals surface area contributed by atoms with Gasteiger partial charge in [0.2, 0.25) is 5.91 Å². The molecule has 2 aromatic rings. The van der Waals surface area contributed by atoms with Gasteiger partial charge in [-0.3, -0.25) is 14.3 Å². The maximum absolute atomic E-state index is 12.5. The van der Waals surface area contributed by atoms with Crippen LogP contribution in [0.2, 0.25) is 0 Å². The molecule has 164 valence electrons. The topological polar surface area (TPSA) is 81.5 Å². The molecule has 8 nitrogen and oxygen atoms in total. The molecule has 1 aliphatic heterocycles. The fourth-order valence-electron chi connectivity index (χ4n) is 3.56. The largest absolute Gasteiger partial charge is 0.497 e. The number of morpholine rings is 1. The Morgan fingerprint density at radius 3 is 2.57 bits per heavy atom. The molecule has 30 heavy (non-hydrogen) atoms. The van der Waals surface area contributed by atoms with E-state index in [-0.39, 0.29) is 5.91 Å². The molecular formula is C21H31N5O3S. The molecule has 0 bridgehead atoms. The zero-order valence-electron chi connectivity index (χ0n) is 18.1. The fraction of sp³-hybridized carbons (Fsp3) is 0.571. The summed E-state index contributed by atoms with van der Waals surface area (Å²) in [6, 6.07) is 8.01. The minimum absolute atomic E-state index is 0.000781. The first kappa shape index (κ1) is 22.6. The number of amides is 1. The highest BCUT2D eigenvalue weighted by Crippen LogP contribution is 2.23. The number of aromatic nitrogens is 3. The van der Waals surface area contributed by atoms with E-state index in [2.05, 4.69) is 34.3 Å². The van der Waals surface area contributed by atoms with E-state index in [1.165, 1.54) is 11.8 Å². The Balaban J connectivity index is 1.57. The van der Waals surface area contributed by atoms with Gasteiger partial charge < -0.3 is 14.8 Å². The summed E-state index contributed by atoms with van der Waals surface area (Å²) in [4.78, 5) is 14.9. The summed E-state index contributed by atoms with van der Waals surface area (Å²) in [5, 5.41) is 12.2. The maximum atomic E-state index is 12.5. The Labute approximate surface area is 182 Å². The number of hydrogen-bond donors (Lipinski definition) is 1. The zero-order valence-corrected chi connectivity index (χ0v) is 18.9. The van der Waals surface area contributed by atoms with Crippen molar-refractivity contribution in [2.75, 3.05) is 45.7 Å². The highest BCUT2D eigenvalue weighted by atomic mass is 32.2. The first-order chi connectivity index (χ1) is 14.5. The van der Waals surface area contributed by atoms with Crippen LogP contribution < -0.4 is 10.1 Å². The molecule has 0 spiro atoms. The normalized spacial score (nSPS) is 15.9. The Bertz CT molecular complexity index is 819. The third-order valence-corrected chi connectivity index (χ3v) is 6.18. The van der Waals surface area contributed by atoms with Crippen molar-refractivity contribution >= 4 is 17.7 Å². The Hall–Kier alpha value is -2.10. The van der Waals surface area contributed by atoms with Gasteiger partial charge >= 0.3 is 0 Å². The molecule has 9 heteroatoms. The van der Waals surface area contributed by atoms with Crippen LogP contribution in [0.15, 0.2) is 29.4 Å². The lowest BCUT2D eigenvalue weighted by Gasteiger charge is -2.36. The minimum Gasteiger partial charge on any atom is -0.497 e. The summed E-state index contributed by atoms with van der Waals surface area (Å²) in [7, 11) is 1.64. The second-order valence-corrected chi connectivity index (χ2v) is 8.56.